The molecule has 1 amide bonds. The van der Waals surface area contributed by atoms with E-state index in [1.165, 1.54) is 5.56 Å². The number of carbonyl (C=O) groups is 1. The lowest BCUT2D eigenvalue weighted by Crippen LogP contribution is -2.57. The maximum absolute atomic E-state index is 12.7. The molecule has 1 saturated heterocycles. The fraction of sp³-hybridized carbons (Fsp3) is 0.500. The predicted molar refractivity (Wildman–Crippen MR) is 101 cm³/mol. The molecule has 1 aromatic heterocycles. The van der Waals surface area contributed by atoms with Crippen LogP contribution < -0.4 is 5.73 Å². The van der Waals surface area contributed by atoms with Gasteiger partial charge in [0, 0.05) is 32.3 Å². The van der Waals surface area contributed by atoms with Crippen LogP contribution in [-0.4, -0.2) is 51.2 Å². The highest BCUT2D eigenvalue weighted by molar-refractivity contribution is 5.82. The van der Waals surface area contributed by atoms with E-state index in [4.69, 9.17) is 10.5 Å². The van der Waals surface area contributed by atoms with Crippen LogP contribution in [0.2, 0.25) is 0 Å². The molecule has 0 bridgehead atoms. The maximum Gasteiger partial charge on any atom is 0.240 e. The molecule has 1 unspecified atom stereocenters. The summed E-state index contributed by atoms with van der Waals surface area (Å²) in [7, 11) is 0. The molecule has 6 heteroatoms. The van der Waals surface area contributed by atoms with Crippen LogP contribution in [0, 0.1) is 0 Å². The first-order valence-corrected chi connectivity index (χ1v) is 9.09. The number of benzene rings is 1. The van der Waals surface area contributed by atoms with Crippen molar-refractivity contribution in [3.8, 4) is 0 Å². The summed E-state index contributed by atoms with van der Waals surface area (Å²) < 4.78 is 7.88. The first-order chi connectivity index (χ1) is 12.3. The molecule has 3 rings (SSSR count). The summed E-state index contributed by atoms with van der Waals surface area (Å²) in [6.45, 7) is 7.88. The van der Waals surface area contributed by atoms with Gasteiger partial charge in [-0.3, -0.25) is 4.79 Å². The van der Waals surface area contributed by atoms with Crippen molar-refractivity contribution >= 4 is 5.91 Å². The molecule has 2 heterocycles. The van der Waals surface area contributed by atoms with E-state index in [2.05, 4.69) is 17.1 Å². The Labute approximate surface area is 155 Å². The fourth-order valence-corrected chi connectivity index (χ4v) is 3.56. The third-order valence-electron chi connectivity index (χ3n) is 4.52. The van der Waals surface area contributed by atoms with E-state index in [1.54, 1.807) is 6.33 Å². The van der Waals surface area contributed by atoms with Gasteiger partial charge in [-0.2, -0.15) is 0 Å². The molecule has 6 nitrogen and oxygen atoms in total. The second kappa shape index (κ2) is 7.60. The number of amides is 1. The van der Waals surface area contributed by atoms with Gasteiger partial charge in [-0.05, 0) is 26.3 Å². The number of nitrogens with zero attached hydrogens (tertiary/aromatic N) is 3. The minimum atomic E-state index is -0.587. The first kappa shape index (κ1) is 18.6. The smallest absolute Gasteiger partial charge is 0.240 e. The Morgan fingerprint density at radius 1 is 1.38 bits per heavy atom. The van der Waals surface area contributed by atoms with Crippen LogP contribution in [0.4, 0.5) is 0 Å². The summed E-state index contributed by atoms with van der Waals surface area (Å²) in [6.07, 6.45) is 4.21. The third-order valence-corrected chi connectivity index (χ3v) is 4.52. The molecule has 140 valence electrons. The lowest BCUT2D eigenvalue weighted by Gasteiger charge is -2.42. The molecule has 0 radical (unpaired) electrons. The minimum Gasteiger partial charge on any atom is -0.369 e. The number of carbonyl (C=O) groups excluding carboxylic acids is 1. The summed E-state index contributed by atoms with van der Waals surface area (Å²) in [4.78, 5) is 19.0. The number of nitrogens with two attached hydrogens (primary N) is 1. The van der Waals surface area contributed by atoms with Gasteiger partial charge in [0.2, 0.25) is 5.91 Å². The first-order valence-electron chi connectivity index (χ1n) is 9.09. The molecule has 2 N–H and O–H groups in total. The average molecular weight is 356 g/mol. The number of imidazole rings is 1. The molecule has 2 aromatic rings. The second-order valence-corrected chi connectivity index (χ2v) is 7.74. The summed E-state index contributed by atoms with van der Waals surface area (Å²) in [5, 5.41) is 0. The highest BCUT2D eigenvalue weighted by Gasteiger charge is 2.35. The Bertz CT molecular complexity index is 741. The molecule has 2 atom stereocenters. The Morgan fingerprint density at radius 3 is 2.81 bits per heavy atom. The van der Waals surface area contributed by atoms with Crippen LogP contribution in [0.5, 0.6) is 0 Å². The van der Waals surface area contributed by atoms with Gasteiger partial charge in [-0.25, -0.2) is 4.98 Å². The number of aromatic nitrogens is 2. The second-order valence-electron chi connectivity index (χ2n) is 7.74. The molecule has 1 aliphatic rings. The van der Waals surface area contributed by atoms with Crippen LogP contribution >= 0.6 is 0 Å². The largest absolute Gasteiger partial charge is 0.369 e. The topological polar surface area (TPSA) is 73.4 Å². The summed E-state index contributed by atoms with van der Waals surface area (Å²) in [5.41, 5.74) is 7.90. The van der Waals surface area contributed by atoms with Crippen LogP contribution in [0.1, 0.15) is 32.0 Å². The van der Waals surface area contributed by atoms with E-state index < -0.39 is 6.04 Å². The molecular formula is C20H28N4O2. The quantitative estimate of drug-likeness (QED) is 0.887. The van der Waals surface area contributed by atoms with Crippen molar-refractivity contribution in [3.63, 3.8) is 0 Å². The van der Waals surface area contributed by atoms with E-state index in [9.17, 15) is 4.79 Å². The fourth-order valence-electron chi connectivity index (χ4n) is 3.56. The summed E-state index contributed by atoms with van der Waals surface area (Å²) >= 11 is 0. The van der Waals surface area contributed by atoms with Crippen molar-refractivity contribution in [1.29, 1.82) is 0 Å². The van der Waals surface area contributed by atoms with E-state index >= 15 is 0 Å². The zero-order valence-corrected chi connectivity index (χ0v) is 15.8. The van der Waals surface area contributed by atoms with Crippen LogP contribution in [0.15, 0.2) is 42.9 Å². The van der Waals surface area contributed by atoms with Gasteiger partial charge in [0.1, 0.15) is 0 Å². The molecule has 1 fully saturated rings. The van der Waals surface area contributed by atoms with Gasteiger partial charge < -0.3 is 19.9 Å². The minimum absolute atomic E-state index is 0.0139. The van der Waals surface area contributed by atoms with E-state index in [1.807, 2.05) is 54.6 Å². The summed E-state index contributed by atoms with van der Waals surface area (Å²) in [6, 6.07) is 9.61. The van der Waals surface area contributed by atoms with Gasteiger partial charge in [-0.15, -0.1) is 0 Å². The van der Waals surface area contributed by atoms with Crippen LogP contribution in [0.25, 0.3) is 0 Å². The van der Waals surface area contributed by atoms with Gasteiger partial charge in [0.05, 0.1) is 29.8 Å². The summed E-state index contributed by atoms with van der Waals surface area (Å²) in [5.74, 6) is -0.0363. The van der Waals surface area contributed by atoms with Crippen molar-refractivity contribution in [2.45, 2.75) is 51.5 Å². The zero-order chi connectivity index (χ0) is 18.7. The maximum atomic E-state index is 12.7. The van der Waals surface area contributed by atoms with E-state index in [0.717, 1.165) is 12.2 Å². The highest BCUT2D eigenvalue weighted by Crippen LogP contribution is 2.21. The molecule has 26 heavy (non-hydrogen) atoms. The van der Waals surface area contributed by atoms with Crippen molar-refractivity contribution < 1.29 is 9.53 Å². The monoisotopic (exact) mass is 356 g/mol. The molecule has 0 aliphatic carbocycles. The number of hydrogen-bond donors (Lipinski definition) is 1. The predicted octanol–water partition coefficient (Wildman–Crippen LogP) is 1.83. The van der Waals surface area contributed by atoms with Crippen molar-refractivity contribution in [1.82, 2.24) is 14.5 Å². The Balaban J connectivity index is 1.59. The highest BCUT2D eigenvalue weighted by atomic mass is 16.5. The van der Waals surface area contributed by atoms with Crippen LogP contribution in [0.3, 0.4) is 0 Å². The Kier molecular flexibility index (Phi) is 5.44. The van der Waals surface area contributed by atoms with E-state index in [-0.39, 0.29) is 17.6 Å². The molecule has 1 aromatic carbocycles. The van der Waals surface area contributed by atoms with Gasteiger partial charge in [-0.1, -0.05) is 30.3 Å². The normalized spacial score (nSPS) is 20.8. The number of morpholine rings is 1. The van der Waals surface area contributed by atoms with Gasteiger partial charge in [0.15, 0.2) is 0 Å². The zero-order valence-electron chi connectivity index (χ0n) is 15.8. The van der Waals surface area contributed by atoms with Crippen LogP contribution in [-0.2, 0) is 22.5 Å². The van der Waals surface area contributed by atoms with Crippen molar-refractivity contribution in [2.75, 3.05) is 13.1 Å². The Hall–Kier alpha value is -2.18. The molecule has 1 aliphatic heterocycles. The number of rotatable bonds is 5. The van der Waals surface area contributed by atoms with Crippen molar-refractivity contribution in [2.24, 2.45) is 5.73 Å². The number of hydrogen-bond acceptors (Lipinski definition) is 4. The lowest BCUT2D eigenvalue weighted by atomic mass is 10.0. The van der Waals surface area contributed by atoms with Gasteiger partial charge >= 0.3 is 0 Å². The Morgan fingerprint density at radius 2 is 2.12 bits per heavy atom. The molecule has 0 spiro atoms. The average Bonchev–Trinajstić information content (AvgIpc) is 3.00. The standard InChI is InChI=1S/C20H28N4O2/c1-15-10-24(13-20(2,3)26-15)19(25)18(21)9-17-12-23(14-22-17)11-16-7-5-4-6-8-16/h4-8,12,14-15,18H,9-11,13,21H2,1-3H3/t15?,18-/m0/s1. The van der Waals surface area contributed by atoms with Crippen molar-refractivity contribution in [3.05, 3.63) is 54.1 Å². The number of ether oxygens (including phenoxy) is 1. The SMILES string of the molecule is CC1CN(C(=O)[C@@H](N)Cc2cn(Cc3ccccc3)cn2)CC(C)(C)O1. The van der Waals surface area contributed by atoms with E-state index in [0.29, 0.717) is 19.5 Å². The lowest BCUT2D eigenvalue weighted by molar-refractivity contribution is -0.159. The third kappa shape index (κ3) is 4.71. The molecular weight excluding hydrogens is 328 g/mol. The van der Waals surface area contributed by atoms with Gasteiger partial charge in [0.25, 0.3) is 0 Å². The molecule has 0 saturated carbocycles.